The van der Waals surface area contributed by atoms with Crippen molar-refractivity contribution in [2.75, 3.05) is 19.6 Å². The Labute approximate surface area is 117 Å². The Morgan fingerprint density at radius 1 is 1.21 bits per heavy atom. The molecule has 0 radical (unpaired) electrons. The van der Waals surface area contributed by atoms with Crippen molar-refractivity contribution < 1.29 is 9.53 Å². The SMILES string of the molecule is CC(C)N1CCC2CCN(C(=O)OC(C)(C)C)C2C1. The second-order valence-electron chi connectivity index (χ2n) is 7.17. The van der Waals surface area contributed by atoms with E-state index in [9.17, 15) is 4.79 Å². The number of nitrogens with zero attached hydrogens (tertiary/aromatic N) is 2. The van der Waals surface area contributed by atoms with Crippen LogP contribution in [0.3, 0.4) is 0 Å². The Bertz CT molecular complexity index is 336. The van der Waals surface area contributed by atoms with E-state index in [1.807, 2.05) is 25.7 Å². The normalized spacial score (nSPS) is 28.6. The number of rotatable bonds is 1. The summed E-state index contributed by atoms with van der Waals surface area (Å²) in [6, 6.07) is 0.910. The molecule has 19 heavy (non-hydrogen) atoms. The molecule has 0 N–H and O–H groups in total. The van der Waals surface area contributed by atoms with Crippen LogP contribution < -0.4 is 0 Å². The number of piperidine rings is 1. The summed E-state index contributed by atoms with van der Waals surface area (Å²) in [7, 11) is 0. The summed E-state index contributed by atoms with van der Waals surface area (Å²) in [5.74, 6) is 0.669. The first-order valence-electron chi connectivity index (χ1n) is 7.51. The molecule has 2 rings (SSSR count). The summed E-state index contributed by atoms with van der Waals surface area (Å²) in [5.41, 5.74) is -0.401. The van der Waals surface area contributed by atoms with E-state index in [1.54, 1.807) is 0 Å². The van der Waals surface area contributed by atoms with E-state index >= 15 is 0 Å². The average molecular weight is 268 g/mol. The van der Waals surface area contributed by atoms with Crippen LogP contribution in [-0.2, 0) is 4.74 Å². The van der Waals surface area contributed by atoms with E-state index in [2.05, 4.69) is 18.7 Å². The predicted octanol–water partition coefficient (Wildman–Crippen LogP) is 2.73. The summed E-state index contributed by atoms with van der Waals surface area (Å²) in [6.45, 7) is 13.3. The van der Waals surface area contributed by atoms with Crippen LogP contribution in [0.4, 0.5) is 4.79 Å². The zero-order valence-electron chi connectivity index (χ0n) is 13.0. The molecule has 2 fully saturated rings. The van der Waals surface area contributed by atoms with Gasteiger partial charge in [0.05, 0.1) is 6.04 Å². The largest absolute Gasteiger partial charge is 0.444 e. The lowest BCUT2D eigenvalue weighted by Gasteiger charge is -2.40. The monoisotopic (exact) mass is 268 g/mol. The van der Waals surface area contributed by atoms with Gasteiger partial charge in [-0.15, -0.1) is 0 Å². The lowest BCUT2D eigenvalue weighted by molar-refractivity contribution is 0.0101. The predicted molar refractivity (Wildman–Crippen MR) is 76.2 cm³/mol. The lowest BCUT2D eigenvalue weighted by atomic mass is 9.91. The molecule has 2 heterocycles. The molecular weight excluding hydrogens is 240 g/mol. The van der Waals surface area contributed by atoms with E-state index in [0.29, 0.717) is 18.0 Å². The third-order valence-electron chi connectivity index (χ3n) is 4.25. The summed E-state index contributed by atoms with van der Waals surface area (Å²) in [4.78, 5) is 16.7. The van der Waals surface area contributed by atoms with Crippen LogP contribution in [0.25, 0.3) is 0 Å². The molecule has 0 aromatic rings. The van der Waals surface area contributed by atoms with Gasteiger partial charge in [-0.05, 0) is 59.9 Å². The average Bonchev–Trinajstić information content (AvgIpc) is 2.68. The summed E-state index contributed by atoms with van der Waals surface area (Å²) in [5, 5.41) is 0. The van der Waals surface area contributed by atoms with Gasteiger partial charge in [0.1, 0.15) is 5.60 Å². The number of likely N-dealkylation sites (tertiary alicyclic amines) is 2. The molecule has 110 valence electrons. The number of hydrogen-bond acceptors (Lipinski definition) is 3. The highest BCUT2D eigenvalue weighted by Gasteiger charge is 2.42. The van der Waals surface area contributed by atoms with Crippen LogP contribution in [-0.4, -0.2) is 53.2 Å². The van der Waals surface area contributed by atoms with Crippen molar-refractivity contribution in [3.8, 4) is 0 Å². The van der Waals surface area contributed by atoms with Gasteiger partial charge in [-0.25, -0.2) is 4.79 Å². The van der Waals surface area contributed by atoms with Crippen molar-refractivity contribution in [3.63, 3.8) is 0 Å². The van der Waals surface area contributed by atoms with Crippen LogP contribution in [0.2, 0.25) is 0 Å². The number of carbonyl (C=O) groups excluding carboxylic acids is 1. The fourth-order valence-corrected chi connectivity index (χ4v) is 3.18. The van der Waals surface area contributed by atoms with Crippen LogP contribution in [0.1, 0.15) is 47.5 Å². The highest BCUT2D eigenvalue weighted by Crippen LogP contribution is 2.33. The van der Waals surface area contributed by atoms with Crippen molar-refractivity contribution >= 4 is 6.09 Å². The molecule has 2 atom stereocenters. The summed E-state index contributed by atoms with van der Waals surface area (Å²) >= 11 is 0. The molecule has 2 aliphatic rings. The fraction of sp³-hybridized carbons (Fsp3) is 0.933. The van der Waals surface area contributed by atoms with E-state index in [-0.39, 0.29) is 6.09 Å². The third kappa shape index (κ3) is 3.41. The van der Waals surface area contributed by atoms with Crippen LogP contribution in [0.5, 0.6) is 0 Å². The maximum atomic E-state index is 12.3. The zero-order chi connectivity index (χ0) is 14.2. The molecule has 2 aliphatic heterocycles. The minimum Gasteiger partial charge on any atom is -0.444 e. The Balaban J connectivity index is 2.01. The summed E-state index contributed by atoms with van der Waals surface area (Å²) in [6.07, 6.45) is 2.21. The first-order chi connectivity index (χ1) is 8.78. The van der Waals surface area contributed by atoms with E-state index < -0.39 is 5.60 Å². The van der Waals surface area contributed by atoms with Gasteiger partial charge in [0.15, 0.2) is 0 Å². The van der Waals surface area contributed by atoms with Gasteiger partial charge < -0.3 is 9.64 Å². The number of carbonyl (C=O) groups is 1. The Morgan fingerprint density at radius 3 is 2.42 bits per heavy atom. The van der Waals surface area contributed by atoms with Crippen molar-refractivity contribution in [3.05, 3.63) is 0 Å². The molecule has 4 nitrogen and oxygen atoms in total. The lowest BCUT2D eigenvalue weighted by Crippen LogP contribution is -2.52. The minimum absolute atomic E-state index is 0.134. The number of amides is 1. The van der Waals surface area contributed by atoms with Crippen LogP contribution >= 0.6 is 0 Å². The molecule has 0 spiro atoms. The highest BCUT2D eigenvalue weighted by atomic mass is 16.6. The topological polar surface area (TPSA) is 32.8 Å². The standard InChI is InChI=1S/C15H28N2O2/c1-11(2)16-8-6-12-7-9-17(13(12)10-16)14(18)19-15(3,4)5/h11-13H,6-10H2,1-5H3. The van der Waals surface area contributed by atoms with Crippen molar-refractivity contribution in [1.82, 2.24) is 9.80 Å². The second kappa shape index (κ2) is 5.31. The maximum absolute atomic E-state index is 12.3. The Hall–Kier alpha value is -0.770. The Morgan fingerprint density at radius 2 is 1.84 bits per heavy atom. The van der Waals surface area contributed by atoms with Crippen molar-refractivity contribution in [2.24, 2.45) is 5.92 Å². The van der Waals surface area contributed by atoms with Gasteiger partial charge in [0.25, 0.3) is 0 Å². The maximum Gasteiger partial charge on any atom is 0.410 e. The zero-order valence-corrected chi connectivity index (χ0v) is 13.0. The molecule has 0 saturated carbocycles. The molecule has 0 aliphatic carbocycles. The molecule has 4 heteroatoms. The highest BCUT2D eigenvalue weighted by molar-refractivity contribution is 5.69. The van der Waals surface area contributed by atoms with Crippen molar-refractivity contribution in [2.45, 2.75) is 65.1 Å². The molecule has 2 saturated heterocycles. The molecule has 0 aromatic heterocycles. The van der Waals surface area contributed by atoms with Gasteiger partial charge in [-0.2, -0.15) is 0 Å². The molecule has 0 aromatic carbocycles. The summed E-state index contributed by atoms with van der Waals surface area (Å²) < 4.78 is 5.53. The minimum atomic E-state index is -0.401. The van der Waals surface area contributed by atoms with Gasteiger partial charge in [0.2, 0.25) is 0 Å². The quantitative estimate of drug-likeness (QED) is 0.733. The number of hydrogen-bond donors (Lipinski definition) is 0. The van der Waals surface area contributed by atoms with Gasteiger partial charge >= 0.3 is 6.09 Å². The van der Waals surface area contributed by atoms with Crippen molar-refractivity contribution in [1.29, 1.82) is 0 Å². The van der Waals surface area contributed by atoms with Gasteiger partial charge in [-0.1, -0.05) is 0 Å². The van der Waals surface area contributed by atoms with E-state index in [1.165, 1.54) is 13.0 Å². The van der Waals surface area contributed by atoms with Gasteiger partial charge in [0, 0.05) is 19.1 Å². The molecule has 2 unspecified atom stereocenters. The fourth-order valence-electron chi connectivity index (χ4n) is 3.18. The first-order valence-corrected chi connectivity index (χ1v) is 7.51. The van der Waals surface area contributed by atoms with Crippen LogP contribution in [0, 0.1) is 5.92 Å². The molecule has 0 bridgehead atoms. The molecule has 1 amide bonds. The Kier molecular flexibility index (Phi) is 4.09. The van der Waals surface area contributed by atoms with Crippen LogP contribution in [0.15, 0.2) is 0 Å². The first kappa shape index (κ1) is 14.6. The number of fused-ring (bicyclic) bond motifs is 1. The number of ether oxygens (including phenoxy) is 1. The smallest absolute Gasteiger partial charge is 0.410 e. The van der Waals surface area contributed by atoms with E-state index in [0.717, 1.165) is 19.5 Å². The second-order valence-corrected chi connectivity index (χ2v) is 7.17. The molecular formula is C15H28N2O2. The van der Waals surface area contributed by atoms with E-state index in [4.69, 9.17) is 4.74 Å². The van der Waals surface area contributed by atoms with Gasteiger partial charge in [-0.3, -0.25) is 4.90 Å². The third-order valence-corrected chi connectivity index (χ3v) is 4.25.